The highest BCUT2D eigenvalue weighted by molar-refractivity contribution is 7.89. The smallest absolute Gasteiger partial charge is 0.214 e. The summed E-state index contributed by atoms with van der Waals surface area (Å²) in [5, 5.41) is 0. The second-order valence-corrected chi connectivity index (χ2v) is 7.43. The summed E-state index contributed by atoms with van der Waals surface area (Å²) in [6.45, 7) is 3.13. The van der Waals surface area contributed by atoms with E-state index in [2.05, 4.69) is 0 Å². The Morgan fingerprint density at radius 1 is 1.30 bits per heavy atom. The van der Waals surface area contributed by atoms with Gasteiger partial charge in [-0.2, -0.15) is 0 Å². The van der Waals surface area contributed by atoms with E-state index in [-0.39, 0.29) is 30.1 Å². The van der Waals surface area contributed by atoms with Crippen LogP contribution in [0, 0.1) is 5.92 Å². The van der Waals surface area contributed by atoms with Crippen molar-refractivity contribution in [2.24, 2.45) is 11.7 Å². The van der Waals surface area contributed by atoms with E-state index < -0.39 is 10.0 Å². The van der Waals surface area contributed by atoms with Crippen LogP contribution in [0.4, 0.5) is 0 Å². The molecule has 2 unspecified atom stereocenters. The number of sulfonamides is 1. The number of benzene rings is 1. The van der Waals surface area contributed by atoms with Gasteiger partial charge in [-0.15, -0.1) is 12.4 Å². The molecule has 2 N–H and O–H groups in total. The van der Waals surface area contributed by atoms with E-state index in [4.69, 9.17) is 5.73 Å². The van der Waals surface area contributed by atoms with E-state index in [0.717, 1.165) is 12.0 Å². The van der Waals surface area contributed by atoms with Gasteiger partial charge in [-0.1, -0.05) is 37.3 Å². The molecule has 0 aromatic heterocycles. The third kappa shape index (κ3) is 4.45. The SMILES string of the molecule is CC1CN(S(=O)(=O)CCc2ccccc2)CCC1N.Cl. The lowest BCUT2D eigenvalue weighted by atomic mass is 9.96. The van der Waals surface area contributed by atoms with Gasteiger partial charge >= 0.3 is 0 Å². The van der Waals surface area contributed by atoms with Crippen molar-refractivity contribution < 1.29 is 8.42 Å². The molecular formula is C14H23ClN2O2S. The first-order valence-corrected chi connectivity index (χ1v) is 8.37. The highest BCUT2D eigenvalue weighted by Gasteiger charge is 2.30. The third-order valence-electron chi connectivity index (χ3n) is 3.82. The molecule has 6 heteroatoms. The minimum absolute atomic E-state index is 0. The van der Waals surface area contributed by atoms with Crippen molar-refractivity contribution in [3.05, 3.63) is 35.9 Å². The Bertz CT molecular complexity index is 507. The van der Waals surface area contributed by atoms with E-state index in [1.165, 1.54) is 0 Å². The highest BCUT2D eigenvalue weighted by Crippen LogP contribution is 2.18. The van der Waals surface area contributed by atoms with Crippen LogP contribution in [0.15, 0.2) is 30.3 Å². The molecular weight excluding hydrogens is 296 g/mol. The van der Waals surface area contributed by atoms with E-state index in [0.29, 0.717) is 19.5 Å². The average Bonchev–Trinajstić information content (AvgIpc) is 2.41. The van der Waals surface area contributed by atoms with Crippen LogP contribution in [0.3, 0.4) is 0 Å². The van der Waals surface area contributed by atoms with Gasteiger partial charge in [0.2, 0.25) is 10.0 Å². The van der Waals surface area contributed by atoms with Gasteiger partial charge in [0, 0.05) is 19.1 Å². The van der Waals surface area contributed by atoms with Crippen molar-refractivity contribution >= 4 is 22.4 Å². The van der Waals surface area contributed by atoms with Crippen LogP contribution in [-0.4, -0.2) is 37.6 Å². The molecule has 0 amide bonds. The quantitative estimate of drug-likeness (QED) is 0.918. The molecule has 0 radical (unpaired) electrons. The highest BCUT2D eigenvalue weighted by atomic mass is 35.5. The summed E-state index contributed by atoms with van der Waals surface area (Å²) in [6.07, 6.45) is 1.33. The molecule has 0 saturated carbocycles. The molecule has 1 heterocycles. The lowest BCUT2D eigenvalue weighted by molar-refractivity contribution is 0.250. The van der Waals surface area contributed by atoms with Crippen LogP contribution in [0.1, 0.15) is 18.9 Å². The lowest BCUT2D eigenvalue weighted by Gasteiger charge is -2.34. The molecule has 1 aromatic carbocycles. The van der Waals surface area contributed by atoms with Crippen molar-refractivity contribution in [2.75, 3.05) is 18.8 Å². The largest absolute Gasteiger partial charge is 0.327 e. The molecule has 20 heavy (non-hydrogen) atoms. The Labute approximate surface area is 127 Å². The zero-order chi connectivity index (χ0) is 13.9. The number of aryl methyl sites for hydroxylation is 1. The molecule has 1 aliphatic heterocycles. The molecule has 0 spiro atoms. The van der Waals surface area contributed by atoms with Gasteiger partial charge in [0.05, 0.1) is 5.75 Å². The predicted octanol–water partition coefficient (Wildman–Crippen LogP) is 1.65. The monoisotopic (exact) mass is 318 g/mol. The number of nitrogens with two attached hydrogens (primary N) is 1. The Morgan fingerprint density at radius 2 is 1.95 bits per heavy atom. The summed E-state index contributed by atoms with van der Waals surface area (Å²) in [7, 11) is -3.16. The van der Waals surface area contributed by atoms with Gasteiger partial charge in [-0.05, 0) is 24.3 Å². The van der Waals surface area contributed by atoms with Gasteiger partial charge < -0.3 is 5.73 Å². The lowest BCUT2D eigenvalue weighted by Crippen LogP contribution is -2.48. The zero-order valence-electron chi connectivity index (χ0n) is 11.7. The molecule has 1 fully saturated rings. The van der Waals surface area contributed by atoms with E-state index >= 15 is 0 Å². The Balaban J connectivity index is 0.00000200. The fourth-order valence-corrected chi connectivity index (χ4v) is 4.00. The Morgan fingerprint density at radius 3 is 2.55 bits per heavy atom. The standard InChI is InChI=1S/C14H22N2O2S.ClH/c1-12-11-16(9-7-14(12)15)19(17,18)10-8-13-5-3-2-4-6-13;/h2-6,12,14H,7-11,15H2,1H3;1H. The number of nitrogens with zero attached hydrogens (tertiary/aromatic N) is 1. The second kappa shape index (κ2) is 7.41. The minimum Gasteiger partial charge on any atom is -0.327 e. The fraction of sp³-hybridized carbons (Fsp3) is 0.571. The first-order valence-electron chi connectivity index (χ1n) is 6.76. The van der Waals surface area contributed by atoms with E-state index in [9.17, 15) is 8.42 Å². The normalized spacial score (nSPS) is 24.1. The molecule has 0 aliphatic carbocycles. The topological polar surface area (TPSA) is 63.4 Å². The van der Waals surface area contributed by atoms with Crippen molar-refractivity contribution in [3.63, 3.8) is 0 Å². The summed E-state index contributed by atoms with van der Waals surface area (Å²) >= 11 is 0. The number of halogens is 1. The number of hydrogen-bond acceptors (Lipinski definition) is 3. The van der Waals surface area contributed by atoms with Crippen molar-refractivity contribution in [3.8, 4) is 0 Å². The minimum atomic E-state index is -3.16. The second-order valence-electron chi connectivity index (χ2n) is 5.34. The third-order valence-corrected chi connectivity index (χ3v) is 5.66. The van der Waals surface area contributed by atoms with Crippen LogP contribution in [-0.2, 0) is 16.4 Å². The Hall–Kier alpha value is -0.620. The van der Waals surface area contributed by atoms with Crippen LogP contribution >= 0.6 is 12.4 Å². The average molecular weight is 319 g/mol. The maximum absolute atomic E-state index is 12.3. The summed E-state index contributed by atoms with van der Waals surface area (Å²) in [5.74, 6) is 0.416. The first-order chi connectivity index (χ1) is 8.99. The maximum atomic E-state index is 12.3. The van der Waals surface area contributed by atoms with Crippen LogP contribution in [0.2, 0.25) is 0 Å². The molecule has 2 rings (SSSR count). The number of hydrogen-bond donors (Lipinski definition) is 1. The molecule has 0 bridgehead atoms. The summed E-state index contributed by atoms with van der Waals surface area (Å²) in [5.41, 5.74) is 6.99. The van der Waals surface area contributed by atoms with Gasteiger partial charge in [0.1, 0.15) is 0 Å². The van der Waals surface area contributed by atoms with Gasteiger partial charge in [-0.25, -0.2) is 12.7 Å². The van der Waals surface area contributed by atoms with E-state index in [1.807, 2.05) is 37.3 Å². The van der Waals surface area contributed by atoms with Crippen LogP contribution in [0.25, 0.3) is 0 Å². The van der Waals surface area contributed by atoms with Crippen molar-refractivity contribution in [1.29, 1.82) is 0 Å². The number of rotatable bonds is 4. The molecule has 1 saturated heterocycles. The van der Waals surface area contributed by atoms with Gasteiger partial charge in [0.25, 0.3) is 0 Å². The van der Waals surface area contributed by atoms with Gasteiger partial charge in [0.15, 0.2) is 0 Å². The molecule has 2 atom stereocenters. The summed E-state index contributed by atoms with van der Waals surface area (Å²) in [6, 6.07) is 9.86. The molecule has 1 aromatic rings. The number of piperidine rings is 1. The van der Waals surface area contributed by atoms with Gasteiger partial charge in [-0.3, -0.25) is 0 Å². The zero-order valence-corrected chi connectivity index (χ0v) is 13.4. The summed E-state index contributed by atoms with van der Waals surface area (Å²) in [4.78, 5) is 0. The van der Waals surface area contributed by atoms with Crippen LogP contribution in [0.5, 0.6) is 0 Å². The fourth-order valence-electron chi connectivity index (χ4n) is 2.40. The van der Waals surface area contributed by atoms with E-state index in [1.54, 1.807) is 4.31 Å². The first kappa shape index (κ1) is 17.4. The summed E-state index contributed by atoms with van der Waals surface area (Å²) < 4.78 is 26.2. The molecule has 4 nitrogen and oxygen atoms in total. The maximum Gasteiger partial charge on any atom is 0.214 e. The van der Waals surface area contributed by atoms with Crippen molar-refractivity contribution in [1.82, 2.24) is 4.31 Å². The molecule has 1 aliphatic rings. The van der Waals surface area contributed by atoms with Crippen LogP contribution < -0.4 is 5.73 Å². The van der Waals surface area contributed by atoms with Crippen molar-refractivity contribution in [2.45, 2.75) is 25.8 Å². The Kier molecular flexibility index (Phi) is 6.45. The molecule has 114 valence electrons. The predicted molar refractivity (Wildman–Crippen MR) is 84.5 cm³/mol.